The van der Waals surface area contributed by atoms with E-state index in [1.165, 1.54) is 12.1 Å². The normalized spacial score (nSPS) is 11.0. The number of hydrogen-bond acceptors (Lipinski definition) is 4. The van der Waals surface area contributed by atoms with Gasteiger partial charge in [0, 0.05) is 11.9 Å². The number of anilines is 1. The average molecular weight is 381 g/mol. The second kappa shape index (κ2) is 7.63. The van der Waals surface area contributed by atoms with E-state index in [2.05, 4.69) is 5.32 Å². The Labute approximate surface area is 158 Å². The molecule has 0 saturated heterocycles. The Bertz CT molecular complexity index is 1090. The molecule has 0 aliphatic carbocycles. The molecule has 0 unspecified atom stereocenters. The molecular weight excluding hydrogens is 362 g/mol. The van der Waals surface area contributed by atoms with Gasteiger partial charge in [0.2, 0.25) is 0 Å². The van der Waals surface area contributed by atoms with Crippen LogP contribution in [0, 0.1) is 6.92 Å². The Hall–Kier alpha value is -3.12. The maximum atomic E-state index is 12.7. The standard InChI is InChI=1S/C21H19NO4S/c1-15-8-3-5-12-19(15)26-20-13-6-4-11-18(20)21(23)22-16-9-7-10-17(14-16)27(2,24)25/h3-14H,1-2H3,(H,22,23). The lowest BCUT2D eigenvalue weighted by molar-refractivity contribution is 0.102. The van der Waals surface area contributed by atoms with Gasteiger partial charge in [-0.05, 0) is 48.9 Å². The van der Waals surface area contributed by atoms with Crippen molar-refractivity contribution in [1.29, 1.82) is 0 Å². The van der Waals surface area contributed by atoms with Gasteiger partial charge in [-0.15, -0.1) is 0 Å². The summed E-state index contributed by atoms with van der Waals surface area (Å²) in [5.74, 6) is 0.699. The minimum atomic E-state index is -3.36. The van der Waals surface area contributed by atoms with Crippen molar-refractivity contribution in [3.05, 3.63) is 83.9 Å². The van der Waals surface area contributed by atoms with Crippen molar-refractivity contribution < 1.29 is 17.9 Å². The van der Waals surface area contributed by atoms with E-state index in [0.29, 0.717) is 22.7 Å². The molecule has 1 N–H and O–H groups in total. The molecular formula is C21H19NO4S. The van der Waals surface area contributed by atoms with E-state index in [-0.39, 0.29) is 10.8 Å². The quantitative estimate of drug-likeness (QED) is 0.709. The van der Waals surface area contributed by atoms with Crippen LogP contribution in [0.2, 0.25) is 0 Å². The topological polar surface area (TPSA) is 72.5 Å². The number of sulfone groups is 1. The Morgan fingerprint density at radius 1 is 0.889 bits per heavy atom. The lowest BCUT2D eigenvalue weighted by atomic mass is 10.1. The van der Waals surface area contributed by atoms with Crippen LogP contribution >= 0.6 is 0 Å². The maximum Gasteiger partial charge on any atom is 0.259 e. The first kappa shape index (κ1) is 18.7. The summed E-state index contributed by atoms with van der Waals surface area (Å²) in [6.07, 6.45) is 1.12. The number of ether oxygens (including phenoxy) is 1. The van der Waals surface area contributed by atoms with Gasteiger partial charge in [-0.3, -0.25) is 4.79 Å². The highest BCUT2D eigenvalue weighted by Crippen LogP contribution is 2.28. The minimum absolute atomic E-state index is 0.143. The summed E-state index contributed by atoms with van der Waals surface area (Å²) >= 11 is 0. The molecule has 6 heteroatoms. The number of para-hydroxylation sites is 2. The smallest absolute Gasteiger partial charge is 0.259 e. The Morgan fingerprint density at radius 3 is 2.26 bits per heavy atom. The predicted octanol–water partition coefficient (Wildman–Crippen LogP) is 4.44. The second-order valence-electron chi connectivity index (χ2n) is 6.12. The van der Waals surface area contributed by atoms with E-state index in [4.69, 9.17) is 4.74 Å². The van der Waals surface area contributed by atoms with E-state index in [0.717, 1.165) is 11.8 Å². The summed E-state index contributed by atoms with van der Waals surface area (Å²) in [6.45, 7) is 1.93. The van der Waals surface area contributed by atoms with Gasteiger partial charge in [-0.2, -0.15) is 0 Å². The highest BCUT2D eigenvalue weighted by atomic mass is 32.2. The number of hydrogen-bond donors (Lipinski definition) is 1. The zero-order chi connectivity index (χ0) is 19.4. The van der Waals surface area contributed by atoms with Crippen LogP contribution in [-0.4, -0.2) is 20.6 Å². The van der Waals surface area contributed by atoms with Gasteiger partial charge >= 0.3 is 0 Å². The molecule has 0 aliphatic heterocycles. The van der Waals surface area contributed by atoms with Crippen LogP contribution in [0.25, 0.3) is 0 Å². The monoisotopic (exact) mass is 381 g/mol. The number of nitrogens with one attached hydrogen (secondary N) is 1. The number of amides is 1. The Kier molecular flexibility index (Phi) is 5.28. The molecule has 138 valence electrons. The van der Waals surface area contributed by atoms with Crippen LogP contribution in [0.5, 0.6) is 11.5 Å². The number of carbonyl (C=O) groups is 1. The molecule has 0 radical (unpaired) electrons. The molecule has 0 heterocycles. The minimum Gasteiger partial charge on any atom is -0.456 e. The van der Waals surface area contributed by atoms with E-state index in [1.54, 1.807) is 36.4 Å². The van der Waals surface area contributed by atoms with Crippen molar-refractivity contribution in [2.24, 2.45) is 0 Å². The molecule has 27 heavy (non-hydrogen) atoms. The van der Waals surface area contributed by atoms with Gasteiger partial charge in [0.05, 0.1) is 10.5 Å². The van der Waals surface area contributed by atoms with Crippen molar-refractivity contribution in [2.75, 3.05) is 11.6 Å². The number of aryl methyl sites for hydroxylation is 1. The molecule has 0 atom stereocenters. The van der Waals surface area contributed by atoms with Crippen LogP contribution in [-0.2, 0) is 9.84 Å². The molecule has 0 fully saturated rings. The van der Waals surface area contributed by atoms with Gasteiger partial charge in [0.25, 0.3) is 5.91 Å². The first-order valence-electron chi connectivity index (χ1n) is 8.28. The Balaban J connectivity index is 1.87. The van der Waals surface area contributed by atoms with Gasteiger partial charge in [0.15, 0.2) is 9.84 Å². The van der Waals surface area contributed by atoms with Crippen LogP contribution in [0.3, 0.4) is 0 Å². The van der Waals surface area contributed by atoms with Crippen molar-refractivity contribution in [2.45, 2.75) is 11.8 Å². The van der Waals surface area contributed by atoms with Crippen molar-refractivity contribution in [1.82, 2.24) is 0 Å². The highest BCUT2D eigenvalue weighted by molar-refractivity contribution is 7.90. The van der Waals surface area contributed by atoms with Crippen LogP contribution in [0.1, 0.15) is 15.9 Å². The highest BCUT2D eigenvalue weighted by Gasteiger charge is 2.15. The molecule has 1 amide bonds. The zero-order valence-electron chi connectivity index (χ0n) is 15.0. The molecule has 0 spiro atoms. The van der Waals surface area contributed by atoms with Crippen LogP contribution < -0.4 is 10.1 Å². The van der Waals surface area contributed by atoms with Gasteiger partial charge < -0.3 is 10.1 Å². The largest absolute Gasteiger partial charge is 0.456 e. The van der Waals surface area contributed by atoms with Gasteiger partial charge in [-0.25, -0.2) is 8.42 Å². The van der Waals surface area contributed by atoms with Crippen LogP contribution in [0.15, 0.2) is 77.7 Å². The fourth-order valence-electron chi connectivity index (χ4n) is 2.54. The van der Waals surface area contributed by atoms with Crippen molar-refractivity contribution in [3.63, 3.8) is 0 Å². The predicted molar refractivity (Wildman–Crippen MR) is 105 cm³/mol. The van der Waals surface area contributed by atoms with Crippen molar-refractivity contribution in [3.8, 4) is 11.5 Å². The molecule has 3 rings (SSSR count). The van der Waals surface area contributed by atoms with E-state index in [9.17, 15) is 13.2 Å². The summed E-state index contributed by atoms with van der Waals surface area (Å²) < 4.78 is 29.3. The first-order chi connectivity index (χ1) is 12.8. The third-order valence-corrected chi connectivity index (χ3v) is 5.08. The maximum absolute atomic E-state index is 12.7. The number of rotatable bonds is 5. The average Bonchev–Trinajstić information content (AvgIpc) is 2.63. The second-order valence-corrected chi connectivity index (χ2v) is 8.13. The number of carbonyl (C=O) groups excluding carboxylic acids is 1. The van der Waals surface area contributed by atoms with Crippen LogP contribution in [0.4, 0.5) is 5.69 Å². The number of benzene rings is 3. The van der Waals surface area contributed by atoms with Crippen molar-refractivity contribution >= 4 is 21.4 Å². The van der Waals surface area contributed by atoms with Gasteiger partial charge in [0.1, 0.15) is 11.5 Å². The molecule has 0 aromatic heterocycles. The van der Waals surface area contributed by atoms with E-state index in [1.807, 2.05) is 31.2 Å². The molecule has 0 saturated carbocycles. The lowest BCUT2D eigenvalue weighted by Crippen LogP contribution is -2.13. The van der Waals surface area contributed by atoms with E-state index < -0.39 is 9.84 Å². The fraction of sp³-hybridized carbons (Fsp3) is 0.0952. The third kappa shape index (κ3) is 4.54. The molecule has 3 aromatic rings. The molecule has 0 bridgehead atoms. The molecule has 0 aliphatic rings. The summed E-state index contributed by atoms with van der Waals surface area (Å²) in [5.41, 5.74) is 1.70. The first-order valence-corrected chi connectivity index (χ1v) is 10.2. The third-order valence-electron chi connectivity index (χ3n) is 3.97. The molecule has 3 aromatic carbocycles. The van der Waals surface area contributed by atoms with Gasteiger partial charge in [-0.1, -0.05) is 36.4 Å². The summed E-state index contributed by atoms with van der Waals surface area (Å²) in [7, 11) is -3.36. The zero-order valence-corrected chi connectivity index (χ0v) is 15.8. The Morgan fingerprint density at radius 2 is 1.56 bits per heavy atom. The summed E-state index contributed by atoms with van der Waals surface area (Å²) in [5, 5.41) is 2.73. The van der Waals surface area contributed by atoms with E-state index >= 15 is 0 Å². The SMILES string of the molecule is Cc1ccccc1Oc1ccccc1C(=O)Nc1cccc(S(C)(=O)=O)c1. The fourth-order valence-corrected chi connectivity index (χ4v) is 3.20. The lowest BCUT2D eigenvalue weighted by Gasteiger charge is -2.13. The summed E-state index contributed by atoms with van der Waals surface area (Å²) in [4.78, 5) is 12.9. The summed E-state index contributed by atoms with van der Waals surface area (Å²) in [6, 6.07) is 20.6. The molecule has 5 nitrogen and oxygen atoms in total.